The number of carbonyl (C=O) groups excluding carboxylic acids is 1. The Kier molecular flexibility index (Phi) is 5.01. The molecule has 2 bridgehead atoms. The van der Waals surface area contributed by atoms with Crippen LogP contribution in [0.1, 0.15) is 51.4 Å². The van der Waals surface area contributed by atoms with Gasteiger partial charge in [-0.1, -0.05) is 42.4 Å². The maximum atomic E-state index is 13.3. The first-order valence-electron chi connectivity index (χ1n) is 9.59. The van der Waals surface area contributed by atoms with Crippen molar-refractivity contribution >= 4 is 23.2 Å². The molecule has 1 aromatic rings. The van der Waals surface area contributed by atoms with Crippen LogP contribution < -0.4 is 10.1 Å². The summed E-state index contributed by atoms with van der Waals surface area (Å²) in [5.74, 6) is -0.475. The molecule has 0 spiro atoms. The zero-order chi connectivity index (χ0) is 18.9. The van der Waals surface area contributed by atoms with E-state index in [1.807, 2.05) is 0 Å². The molecular weight excluding hydrogens is 371 g/mol. The third kappa shape index (κ3) is 3.77. The highest BCUT2D eigenvalue weighted by Crippen LogP contribution is 2.68. The Morgan fingerprint density at radius 2 is 1.96 bits per heavy atom. The zero-order valence-electron chi connectivity index (χ0n) is 15.2. The Balaban J connectivity index is 0.000000400. The van der Waals surface area contributed by atoms with Gasteiger partial charge in [0.1, 0.15) is 18.2 Å². The molecule has 1 amide bonds. The van der Waals surface area contributed by atoms with Crippen LogP contribution >= 0.6 is 11.6 Å². The van der Waals surface area contributed by atoms with Crippen LogP contribution in [-0.2, 0) is 9.63 Å². The monoisotopic (exact) mass is 394 g/mol. The highest BCUT2D eigenvalue weighted by atomic mass is 35.5. The molecule has 4 aliphatic carbocycles. The van der Waals surface area contributed by atoms with Crippen LogP contribution in [0, 0.1) is 11.2 Å². The highest BCUT2D eigenvalue weighted by Gasteiger charge is 2.70. The third-order valence-electron chi connectivity index (χ3n) is 5.91. The van der Waals surface area contributed by atoms with E-state index in [1.54, 1.807) is 0 Å². The molecule has 4 saturated carbocycles. The molecule has 5 nitrogen and oxygen atoms in total. The molecule has 1 N–H and O–H groups in total. The molecule has 146 valence electrons. The van der Waals surface area contributed by atoms with E-state index in [1.165, 1.54) is 43.9 Å². The van der Waals surface area contributed by atoms with Gasteiger partial charge in [0.05, 0.1) is 10.7 Å². The Morgan fingerprint density at radius 3 is 2.52 bits per heavy atom. The summed E-state index contributed by atoms with van der Waals surface area (Å²) in [7, 11) is 0. The molecule has 0 saturated heterocycles. The van der Waals surface area contributed by atoms with Crippen LogP contribution in [0.3, 0.4) is 0 Å². The minimum absolute atomic E-state index is 0.0276. The van der Waals surface area contributed by atoms with Gasteiger partial charge >= 0.3 is 0 Å². The van der Waals surface area contributed by atoms with Crippen molar-refractivity contribution in [3.8, 4) is 5.75 Å². The van der Waals surface area contributed by atoms with Crippen LogP contribution in [0.25, 0.3) is 0 Å². The molecule has 4 fully saturated rings. The van der Waals surface area contributed by atoms with Crippen LogP contribution in [0.15, 0.2) is 23.4 Å². The second-order valence-electron chi connectivity index (χ2n) is 8.04. The summed E-state index contributed by atoms with van der Waals surface area (Å²) < 4.78 is 18.6. The summed E-state index contributed by atoms with van der Waals surface area (Å²) in [6.07, 6.45) is 9.66. The number of amides is 1. The van der Waals surface area contributed by atoms with E-state index in [-0.39, 0.29) is 34.2 Å². The topological polar surface area (TPSA) is 59.9 Å². The van der Waals surface area contributed by atoms with Gasteiger partial charge in [0, 0.05) is 23.4 Å². The predicted molar refractivity (Wildman–Crippen MR) is 101 cm³/mol. The average molecular weight is 395 g/mol. The lowest BCUT2D eigenvalue weighted by Gasteiger charge is -2.70. The zero-order valence-corrected chi connectivity index (χ0v) is 16.0. The van der Waals surface area contributed by atoms with Crippen molar-refractivity contribution in [3.05, 3.63) is 29.0 Å². The van der Waals surface area contributed by atoms with Gasteiger partial charge in [-0.05, 0) is 31.4 Å². The number of rotatable bonds is 5. The van der Waals surface area contributed by atoms with E-state index >= 15 is 0 Å². The van der Waals surface area contributed by atoms with E-state index in [9.17, 15) is 9.18 Å². The van der Waals surface area contributed by atoms with Gasteiger partial charge in [-0.25, -0.2) is 4.39 Å². The van der Waals surface area contributed by atoms with E-state index in [0.29, 0.717) is 6.61 Å². The fraction of sp³-hybridized carbons (Fsp3) is 0.600. The standard InChI is InChI=1S/C16H16ClFN2O3.C4H8/c17-11-2-1-10(5-12(11)18)22-6-14(21)19-16-7-15(8-16,9-16)13-3-4-23-20-13;1-2-4-3-1/h1-2,5H,3-4,6-9H2,(H,19,21);1-4H2. The van der Waals surface area contributed by atoms with Crippen molar-refractivity contribution in [2.75, 3.05) is 13.2 Å². The van der Waals surface area contributed by atoms with Crippen molar-refractivity contribution < 1.29 is 18.8 Å². The number of nitrogens with one attached hydrogen (secondary N) is 1. The smallest absolute Gasteiger partial charge is 0.258 e. The number of benzene rings is 1. The number of halogens is 2. The largest absolute Gasteiger partial charge is 0.484 e. The molecule has 0 atom stereocenters. The molecule has 0 unspecified atom stereocenters. The summed E-state index contributed by atoms with van der Waals surface area (Å²) in [6, 6.07) is 4.11. The molecule has 1 aliphatic heterocycles. The summed E-state index contributed by atoms with van der Waals surface area (Å²) in [4.78, 5) is 17.1. The maximum Gasteiger partial charge on any atom is 0.258 e. The van der Waals surface area contributed by atoms with Gasteiger partial charge in [0.15, 0.2) is 6.61 Å². The number of carbonyl (C=O) groups is 1. The van der Waals surface area contributed by atoms with Gasteiger partial charge in [0.2, 0.25) is 0 Å². The minimum atomic E-state index is -0.564. The Bertz CT molecular complexity index is 740. The Labute approximate surface area is 163 Å². The quantitative estimate of drug-likeness (QED) is 0.812. The number of hydrogen-bond donors (Lipinski definition) is 1. The molecule has 0 aromatic heterocycles. The van der Waals surface area contributed by atoms with Crippen LogP contribution in [0.5, 0.6) is 5.75 Å². The predicted octanol–water partition coefficient (Wildman–Crippen LogP) is 4.23. The SMILES string of the molecule is C1CCC1.O=C(COc1ccc(Cl)c(F)c1)NC12CC(C3=NOCC3)(C1)C2. The fourth-order valence-electron chi connectivity index (χ4n) is 4.20. The summed E-state index contributed by atoms with van der Waals surface area (Å²) in [5, 5.41) is 7.15. The Hall–Kier alpha value is -1.82. The van der Waals surface area contributed by atoms with Gasteiger partial charge in [-0.2, -0.15) is 0 Å². The van der Waals surface area contributed by atoms with Crippen molar-refractivity contribution in [1.82, 2.24) is 5.32 Å². The molecule has 6 rings (SSSR count). The first-order valence-corrected chi connectivity index (χ1v) is 9.96. The molecule has 27 heavy (non-hydrogen) atoms. The number of oxime groups is 1. The second-order valence-corrected chi connectivity index (χ2v) is 8.45. The van der Waals surface area contributed by atoms with E-state index in [4.69, 9.17) is 21.2 Å². The lowest BCUT2D eigenvalue weighted by Crippen LogP contribution is -2.77. The van der Waals surface area contributed by atoms with Crippen LogP contribution in [0.2, 0.25) is 5.02 Å². The van der Waals surface area contributed by atoms with Gasteiger partial charge in [0.25, 0.3) is 5.91 Å². The normalized spacial score (nSPS) is 29.6. The van der Waals surface area contributed by atoms with Crippen LogP contribution in [0.4, 0.5) is 4.39 Å². The number of hydrogen-bond acceptors (Lipinski definition) is 4. The molecule has 5 aliphatic rings. The van der Waals surface area contributed by atoms with Crippen molar-refractivity contribution in [2.24, 2.45) is 10.6 Å². The average Bonchev–Trinajstić information content (AvgIpc) is 3.03. The lowest BCUT2D eigenvalue weighted by atomic mass is 9.37. The van der Waals surface area contributed by atoms with E-state index in [2.05, 4.69) is 10.5 Å². The maximum absolute atomic E-state index is 13.3. The third-order valence-corrected chi connectivity index (χ3v) is 6.22. The molecule has 7 heteroatoms. The first kappa shape index (κ1) is 18.5. The first-order chi connectivity index (χ1) is 13.0. The van der Waals surface area contributed by atoms with Crippen molar-refractivity contribution in [2.45, 2.75) is 56.9 Å². The Morgan fingerprint density at radius 1 is 1.26 bits per heavy atom. The van der Waals surface area contributed by atoms with Crippen molar-refractivity contribution in [1.29, 1.82) is 0 Å². The summed E-state index contributed by atoms with van der Waals surface area (Å²) >= 11 is 5.60. The lowest BCUT2D eigenvalue weighted by molar-refractivity contribution is -0.143. The number of ether oxygens (including phenoxy) is 1. The molecule has 1 heterocycles. The van der Waals surface area contributed by atoms with Gasteiger partial charge in [-0.3, -0.25) is 4.79 Å². The van der Waals surface area contributed by atoms with E-state index < -0.39 is 5.82 Å². The van der Waals surface area contributed by atoms with Gasteiger partial charge < -0.3 is 14.9 Å². The van der Waals surface area contributed by atoms with Gasteiger partial charge in [-0.15, -0.1) is 0 Å². The number of nitrogens with zero attached hydrogens (tertiary/aromatic N) is 1. The van der Waals surface area contributed by atoms with Crippen LogP contribution in [-0.4, -0.2) is 30.4 Å². The van der Waals surface area contributed by atoms with E-state index in [0.717, 1.165) is 31.4 Å². The molecular formula is C20H24ClFN2O3. The van der Waals surface area contributed by atoms with Crippen molar-refractivity contribution in [3.63, 3.8) is 0 Å². The summed E-state index contributed by atoms with van der Waals surface area (Å²) in [6.45, 7) is 0.530. The fourth-order valence-corrected chi connectivity index (χ4v) is 4.32. The minimum Gasteiger partial charge on any atom is -0.484 e. The molecule has 0 radical (unpaired) electrons. The second kappa shape index (κ2) is 7.30. The summed E-state index contributed by atoms with van der Waals surface area (Å²) in [5.41, 5.74) is 1.18. The highest BCUT2D eigenvalue weighted by molar-refractivity contribution is 6.30. The molecule has 1 aromatic carbocycles.